The van der Waals surface area contributed by atoms with Crippen LogP contribution >= 0.6 is 0 Å². The average molecular weight is 499 g/mol. The van der Waals surface area contributed by atoms with Crippen LogP contribution in [0.25, 0.3) is 0 Å². The minimum Gasteiger partial charge on any atom is -0.492 e. The molecule has 204 valence electrons. The Balaban J connectivity index is 0.000000550. The minimum absolute atomic E-state index is 0.0760. The second-order valence-electron chi connectivity index (χ2n) is 12.8. The summed E-state index contributed by atoms with van der Waals surface area (Å²) in [6, 6.07) is 0. The molecule has 2 saturated carbocycles. The van der Waals surface area contributed by atoms with Gasteiger partial charge >= 0.3 is 0 Å². The zero-order valence-electron chi connectivity index (χ0n) is 24.5. The molecule has 0 amide bonds. The number of hydrogen-bond donors (Lipinski definition) is 0. The lowest BCUT2D eigenvalue weighted by atomic mass is 9.47. The van der Waals surface area contributed by atoms with Crippen LogP contribution in [-0.4, -0.2) is 19.2 Å². The molecule has 1 spiro atoms. The summed E-state index contributed by atoms with van der Waals surface area (Å²) in [6.45, 7) is 18.6. The van der Waals surface area contributed by atoms with Crippen LogP contribution in [0.15, 0.2) is 35.6 Å². The maximum Gasteiger partial charge on any atom is 0.292 e. The zero-order chi connectivity index (χ0) is 26.6. The molecule has 5 rings (SSSR count). The van der Waals surface area contributed by atoms with E-state index in [1.165, 1.54) is 77.7 Å². The quantitative estimate of drug-likeness (QED) is 0.281. The Bertz CT molecular complexity index is 847. The minimum atomic E-state index is -0.0760. The van der Waals surface area contributed by atoms with Crippen molar-refractivity contribution in [3.63, 3.8) is 0 Å². The van der Waals surface area contributed by atoms with Gasteiger partial charge in [0.1, 0.15) is 5.60 Å². The molecule has 4 aliphatic carbocycles. The second-order valence-corrected chi connectivity index (χ2v) is 12.8. The molecule has 5 aliphatic rings. The van der Waals surface area contributed by atoms with Crippen molar-refractivity contribution in [2.75, 3.05) is 7.11 Å². The van der Waals surface area contributed by atoms with Gasteiger partial charge in [-0.1, -0.05) is 83.8 Å². The summed E-state index contributed by atoms with van der Waals surface area (Å²) >= 11 is 0. The Labute approximate surface area is 222 Å². The van der Waals surface area contributed by atoms with Crippen LogP contribution in [-0.2, 0) is 14.3 Å². The fourth-order valence-electron chi connectivity index (χ4n) is 8.47. The lowest BCUT2D eigenvalue weighted by Gasteiger charge is -2.60. The van der Waals surface area contributed by atoms with E-state index < -0.39 is 0 Å². The summed E-state index contributed by atoms with van der Waals surface area (Å²) in [6.07, 6.45) is 22.9. The maximum atomic E-state index is 8.95. The largest absolute Gasteiger partial charge is 0.492 e. The van der Waals surface area contributed by atoms with E-state index in [4.69, 9.17) is 9.53 Å². The third-order valence-corrected chi connectivity index (χ3v) is 11.1. The molecule has 5 atom stereocenters. The number of rotatable bonds is 2. The molecular weight excluding hydrogens is 444 g/mol. The van der Waals surface area contributed by atoms with E-state index in [1.54, 1.807) is 5.57 Å². The van der Waals surface area contributed by atoms with Crippen LogP contribution in [0.2, 0.25) is 0 Å². The Morgan fingerprint density at radius 3 is 2.28 bits per heavy atom. The monoisotopic (exact) mass is 498 g/mol. The molecule has 0 aromatic rings. The summed E-state index contributed by atoms with van der Waals surface area (Å²) in [5.41, 5.74) is 4.70. The highest BCUT2D eigenvalue weighted by Crippen LogP contribution is 2.65. The molecule has 0 N–H and O–H groups in total. The van der Waals surface area contributed by atoms with Crippen molar-refractivity contribution < 1.29 is 14.3 Å². The van der Waals surface area contributed by atoms with Crippen LogP contribution in [0.4, 0.5) is 0 Å². The van der Waals surface area contributed by atoms with Gasteiger partial charge in [-0.3, -0.25) is 4.79 Å². The van der Waals surface area contributed by atoms with Gasteiger partial charge in [0.05, 0.1) is 12.9 Å². The molecule has 0 radical (unpaired) electrons. The summed E-state index contributed by atoms with van der Waals surface area (Å²) in [5, 5.41) is 0. The van der Waals surface area contributed by atoms with Gasteiger partial charge in [-0.2, -0.15) is 0 Å². The Kier molecular flexibility index (Phi) is 9.27. The topological polar surface area (TPSA) is 35.5 Å². The van der Waals surface area contributed by atoms with Crippen LogP contribution in [0.3, 0.4) is 0 Å². The average Bonchev–Trinajstić information content (AvgIpc) is 2.88. The second kappa shape index (κ2) is 11.5. The van der Waals surface area contributed by atoms with Gasteiger partial charge < -0.3 is 9.47 Å². The van der Waals surface area contributed by atoms with Gasteiger partial charge in [0.25, 0.3) is 6.47 Å². The summed E-state index contributed by atoms with van der Waals surface area (Å²) < 4.78 is 10.4. The fourth-order valence-corrected chi connectivity index (χ4v) is 8.47. The molecule has 0 bridgehead atoms. The first kappa shape index (κ1) is 29.1. The van der Waals surface area contributed by atoms with Crippen molar-refractivity contribution in [1.82, 2.24) is 0 Å². The van der Waals surface area contributed by atoms with Gasteiger partial charge in [0.2, 0.25) is 0 Å². The normalized spacial score (nSPS) is 38.8. The van der Waals surface area contributed by atoms with E-state index >= 15 is 0 Å². The number of hydrogen-bond acceptors (Lipinski definition) is 3. The van der Waals surface area contributed by atoms with E-state index in [9.17, 15) is 0 Å². The molecule has 3 fully saturated rings. The maximum absolute atomic E-state index is 8.95. The molecule has 1 aliphatic heterocycles. The number of ether oxygens (including phenoxy) is 2. The summed E-state index contributed by atoms with van der Waals surface area (Å²) in [5.74, 6) is 2.34. The van der Waals surface area contributed by atoms with Gasteiger partial charge in [0, 0.05) is 17.3 Å². The molecule has 3 nitrogen and oxygen atoms in total. The highest BCUT2D eigenvalue weighted by Gasteiger charge is 2.57. The Morgan fingerprint density at radius 1 is 1.00 bits per heavy atom. The smallest absolute Gasteiger partial charge is 0.292 e. The fraction of sp³-hybridized carbons (Fsp3) is 0.788. The predicted octanol–water partition coefficient (Wildman–Crippen LogP) is 9.33. The van der Waals surface area contributed by atoms with E-state index in [0.717, 1.165) is 18.6 Å². The van der Waals surface area contributed by atoms with E-state index in [0.29, 0.717) is 29.1 Å². The molecule has 0 aromatic heterocycles. The standard InChI is InChI=1S/C29H44O.C2H4O2.C2H6/c1-21-10-9-14-28(5,30-21)27(4)17-13-25-24(22(27)2)12-11-23-20-29(15-7-6-8-16-29)19-18-26(23,25)3;1-4-2-3;1-2/h11,13,22,24H,1,6-10,12,14-20H2,2-5H3;2H,1H3;1-2H3. The molecule has 1 saturated heterocycles. The molecular formula is C33H54O3. The first-order valence-corrected chi connectivity index (χ1v) is 14.9. The molecule has 1 heterocycles. The number of carbonyl (C=O) groups excluding carboxylic acids is 1. The third-order valence-electron chi connectivity index (χ3n) is 11.1. The Hall–Kier alpha value is -1.51. The Morgan fingerprint density at radius 2 is 1.67 bits per heavy atom. The molecule has 5 unspecified atom stereocenters. The van der Waals surface area contributed by atoms with Crippen molar-refractivity contribution in [1.29, 1.82) is 0 Å². The van der Waals surface area contributed by atoms with Crippen LogP contribution in [0.5, 0.6) is 0 Å². The predicted molar refractivity (Wildman–Crippen MR) is 151 cm³/mol. The number of methoxy groups -OCH3 is 1. The van der Waals surface area contributed by atoms with Crippen LogP contribution < -0.4 is 0 Å². The number of fused-ring (bicyclic) bond motifs is 3. The van der Waals surface area contributed by atoms with Crippen molar-refractivity contribution in [3.8, 4) is 0 Å². The van der Waals surface area contributed by atoms with E-state index in [1.807, 2.05) is 19.4 Å². The summed E-state index contributed by atoms with van der Waals surface area (Å²) in [4.78, 5) is 8.95. The molecule has 36 heavy (non-hydrogen) atoms. The SMILES string of the molecule is C=C1CCCC(C)(C2(C)CC=C3C(CC=C4CC5(CCCCC5)CCC43C)C2C)O1.CC.COC=O. The molecule has 3 heteroatoms. The van der Waals surface area contributed by atoms with Crippen molar-refractivity contribution >= 4 is 6.47 Å². The van der Waals surface area contributed by atoms with Crippen LogP contribution in [0, 0.1) is 28.1 Å². The number of allylic oxidation sites excluding steroid dienone is 5. The van der Waals surface area contributed by atoms with Crippen molar-refractivity contribution in [2.24, 2.45) is 28.1 Å². The lowest BCUT2D eigenvalue weighted by molar-refractivity contribution is -0.142. The third kappa shape index (κ3) is 5.10. The first-order valence-electron chi connectivity index (χ1n) is 14.9. The van der Waals surface area contributed by atoms with Crippen molar-refractivity contribution in [2.45, 2.75) is 131 Å². The van der Waals surface area contributed by atoms with Crippen molar-refractivity contribution in [3.05, 3.63) is 35.6 Å². The first-order chi connectivity index (χ1) is 17.1. The van der Waals surface area contributed by atoms with Gasteiger partial charge in [-0.15, -0.1) is 0 Å². The van der Waals surface area contributed by atoms with E-state index in [2.05, 4.69) is 51.2 Å². The van der Waals surface area contributed by atoms with Gasteiger partial charge in [-0.05, 0) is 82.0 Å². The highest BCUT2D eigenvalue weighted by molar-refractivity contribution is 5.40. The van der Waals surface area contributed by atoms with Gasteiger partial charge in [-0.25, -0.2) is 0 Å². The van der Waals surface area contributed by atoms with E-state index in [-0.39, 0.29) is 11.0 Å². The lowest BCUT2D eigenvalue weighted by Crippen LogP contribution is -2.55. The van der Waals surface area contributed by atoms with Gasteiger partial charge in [0.15, 0.2) is 0 Å². The highest BCUT2D eigenvalue weighted by atomic mass is 16.5. The number of carbonyl (C=O) groups is 1. The molecule has 0 aromatic carbocycles. The van der Waals surface area contributed by atoms with Crippen LogP contribution in [0.1, 0.15) is 125 Å². The summed E-state index contributed by atoms with van der Waals surface area (Å²) in [7, 11) is 1.31. The zero-order valence-corrected chi connectivity index (χ0v) is 24.5.